The first-order valence-corrected chi connectivity index (χ1v) is 9.13. The number of methoxy groups -OCH3 is 1. The van der Waals surface area contributed by atoms with Gasteiger partial charge in [-0.05, 0) is 36.4 Å². The van der Waals surface area contributed by atoms with Gasteiger partial charge in [0.25, 0.3) is 0 Å². The van der Waals surface area contributed by atoms with Crippen LogP contribution in [0.4, 0.5) is 5.69 Å². The van der Waals surface area contributed by atoms with E-state index in [2.05, 4.69) is 10.3 Å². The molecule has 7 nitrogen and oxygen atoms in total. The summed E-state index contributed by atoms with van der Waals surface area (Å²) in [6, 6.07) is 14.8. The Kier molecular flexibility index (Phi) is 5.93. The first kappa shape index (κ1) is 19.4. The van der Waals surface area contributed by atoms with Gasteiger partial charge in [-0.2, -0.15) is 0 Å². The summed E-state index contributed by atoms with van der Waals surface area (Å²) in [4.78, 5) is 30.9. The van der Waals surface area contributed by atoms with E-state index >= 15 is 0 Å². The molecule has 0 aliphatic heterocycles. The average molecular weight is 380 g/mol. The Hall–Kier alpha value is -3.35. The molecule has 3 rings (SSSR count). The van der Waals surface area contributed by atoms with E-state index in [0.29, 0.717) is 11.4 Å². The maximum Gasteiger partial charge on any atom is 0.243 e. The molecule has 1 aromatic heterocycles. The number of hydrogen-bond acceptors (Lipinski definition) is 4. The van der Waals surface area contributed by atoms with Crippen molar-refractivity contribution in [3.8, 4) is 5.75 Å². The Morgan fingerprint density at radius 2 is 1.86 bits per heavy atom. The van der Waals surface area contributed by atoms with E-state index in [1.54, 1.807) is 38.4 Å². The van der Waals surface area contributed by atoms with E-state index in [4.69, 9.17) is 4.74 Å². The van der Waals surface area contributed by atoms with Gasteiger partial charge in [-0.1, -0.05) is 19.1 Å². The minimum absolute atomic E-state index is 0.0288. The Balaban J connectivity index is 1.63. The van der Waals surface area contributed by atoms with Crippen LogP contribution in [-0.2, 0) is 22.6 Å². The molecule has 0 saturated heterocycles. The lowest BCUT2D eigenvalue weighted by molar-refractivity contribution is -0.133. The second kappa shape index (κ2) is 8.56. The molecule has 1 heterocycles. The van der Waals surface area contributed by atoms with Crippen LogP contribution in [-0.4, -0.2) is 47.0 Å². The first-order valence-electron chi connectivity index (χ1n) is 9.13. The fraction of sp³-hybridized carbons (Fsp3) is 0.286. The highest BCUT2D eigenvalue weighted by Gasteiger charge is 2.17. The molecule has 0 radical (unpaired) electrons. The molecule has 0 unspecified atom stereocenters. The van der Waals surface area contributed by atoms with Crippen molar-refractivity contribution in [2.45, 2.75) is 19.9 Å². The summed E-state index contributed by atoms with van der Waals surface area (Å²) in [5.74, 6) is 1.16. The molecular formula is C21H24N4O3. The molecule has 1 N–H and O–H groups in total. The predicted molar refractivity (Wildman–Crippen MR) is 108 cm³/mol. The number of carbonyl (C=O) groups excluding carboxylic acids is 2. The Morgan fingerprint density at radius 3 is 2.54 bits per heavy atom. The summed E-state index contributed by atoms with van der Waals surface area (Å²) in [7, 11) is 3.21. The number of rotatable bonds is 7. The summed E-state index contributed by atoms with van der Waals surface area (Å²) in [6.45, 7) is 2.13. The number of carbonyl (C=O) groups is 2. The normalized spacial score (nSPS) is 10.7. The Morgan fingerprint density at radius 1 is 1.14 bits per heavy atom. The number of imidazole rings is 1. The zero-order valence-electron chi connectivity index (χ0n) is 16.3. The molecule has 2 aromatic carbocycles. The lowest BCUT2D eigenvalue weighted by atomic mass is 10.3. The Bertz CT molecular complexity index is 979. The maximum absolute atomic E-state index is 12.7. The molecule has 0 aliphatic carbocycles. The molecule has 0 spiro atoms. The highest BCUT2D eigenvalue weighted by Crippen LogP contribution is 2.17. The molecule has 28 heavy (non-hydrogen) atoms. The monoisotopic (exact) mass is 380 g/mol. The smallest absolute Gasteiger partial charge is 0.243 e. The number of benzene rings is 2. The number of amides is 2. The lowest BCUT2D eigenvalue weighted by Gasteiger charge is -2.18. The van der Waals surface area contributed by atoms with Crippen molar-refractivity contribution < 1.29 is 14.3 Å². The lowest BCUT2D eigenvalue weighted by Crippen LogP contribution is -2.37. The van der Waals surface area contributed by atoms with E-state index in [1.807, 2.05) is 35.8 Å². The second-order valence-corrected chi connectivity index (χ2v) is 6.48. The predicted octanol–water partition coefficient (Wildman–Crippen LogP) is 2.70. The van der Waals surface area contributed by atoms with E-state index in [-0.39, 0.29) is 24.9 Å². The third-order valence-corrected chi connectivity index (χ3v) is 4.52. The molecule has 0 saturated carbocycles. The number of anilines is 1. The quantitative estimate of drug-likeness (QED) is 0.684. The summed E-state index contributed by atoms with van der Waals surface area (Å²) in [5, 5.41) is 2.78. The number of nitrogens with one attached hydrogen (secondary N) is 1. The van der Waals surface area contributed by atoms with Crippen LogP contribution in [0.1, 0.15) is 12.7 Å². The van der Waals surface area contributed by atoms with Crippen molar-refractivity contribution in [1.82, 2.24) is 14.5 Å². The van der Waals surface area contributed by atoms with Crippen LogP contribution in [0, 0.1) is 0 Å². The van der Waals surface area contributed by atoms with Crippen LogP contribution in [0.15, 0.2) is 48.5 Å². The number of nitrogens with zero attached hydrogens (tertiary/aromatic N) is 3. The molecule has 0 bridgehead atoms. The molecule has 3 aromatic rings. The average Bonchev–Trinajstić information content (AvgIpc) is 3.06. The van der Waals surface area contributed by atoms with Gasteiger partial charge in [0.15, 0.2) is 0 Å². The van der Waals surface area contributed by atoms with Crippen LogP contribution in [0.25, 0.3) is 11.0 Å². The van der Waals surface area contributed by atoms with Gasteiger partial charge in [0.2, 0.25) is 11.8 Å². The highest BCUT2D eigenvalue weighted by molar-refractivity contribution is 5.94. The summed E-state index contributed by atoms with van der Waals surface area (Å²) >= 11 is 0. The molecule has 146 valence electrons. The van der Waals surface area contributed by atoms with Crippen LogP contribution in [0.5, 0.6) is 5.75 Å². The second-order valence-electron chi connectivity index (χ2n) is 6.48. The van der Waals surface area contributed by atoms with Crippen molar-refractivity contribution in [3.63, 3.8) is 0 Å². The van der Waals surface area contributed by atoms with Crippen LogP contribution < -0.4 is 10.1 Å². The number of ether oxygens (including phenoxy) is 1. The third kappa shape index (κ3) is 4.31. The number of hydrogen-bond donors (Lipinski definition) is 1. The zero-order chi connectivity index (χ0) is 20.1. The van der Waals surface area contributed by atoms with Crippen molar-refractivity contribution in [3.05, 3.63) is 54.4 Å². The highest BCUT2D eigenvalue weighted by atomic mass is 16.5. The van der Waals surface area contributed by atoms with Crippen molar-refractivity contribution in [2.24, 2.45) is 0 Å². The zero-order valence-corrected chi connectivity index (χ0v) is 16.3. The third-order valence-electron chi connectivity index (χ3n) is 4.52. The number of para-hydroxylation sites is 2. The molecule has 0 atom stereocenters. The van der Waals surface area contributed by atoms with E-state index < -0.39 is 0 Å². The van der Waals surface area contributed by atoms with Gasteiger partial charge in [0, 0.05) is 19.2 Å². The van der Waals surface area contributed by atoms with E-state index in [0.717, 1.165) is 23.3 Å². The molecule has 0 fully saturated rings. The number of aryl methyl sites for hydroxylation is 1. The van der Waals surface area contributed by atoms with Gasteiger partial charge in [0.1, 0.15) is 18.1 Å². The number of likely N-dealkylation sites (N-methyl/N-ethyl adjacent to an activating group) is 1. The molecule has 2 amide bonds. The van der Waals surface area contributed by atoms with Crippen molar-refractivity contribution in [1.29, 1.82) is 0 Å². The largest absolute Gasteiger partial charge is 0.497 e. The minimum Gasteiger partial charge on any atom is -0.497 e. The molecular weight excluding hydrogens is 356 g/mol. The SMILES string of the molecule is CCc1nc2ccccc2n1CC(=O)N(C)CC(=O)Nc1ccc(OC)cc1. The summed E-state index contributed by atoms with van der Waals surface area (Å²) < 4.78 is 7.01. The maximum atomic E-state index is 12.7. The minimum atomic E-state index is -0.257. The fourth-order valence-corrected chi connectivity index (χ4v) is 3.01. The summed E-state index contributed by atoms with van der Waals surface area (Å²) in [6.07, 6.45) is 0.726. The van der Waals surface area contributed by atoms with Gasteiger partial charge in [0.05, 0.1) is 24.7 Å². The van der Waals surface area contributed by atoms with Gasteiger partial charge < -0.3 is 19.5 Å². The molecule has 0 aliphatic rings. The first-order chi connectivity index (χ1) is 13.5. The van der Waals surface area contributed by atoms with Gasteiger partial charge in [-0.25, -0.2) is 4.98 Å². The van der Waals surface area contributed by atoms with Crippen LogP contribution in [0.2, 0.25) is 0 Å². The summed E-state index contributed by atoms with van der Waals surface area (Å²) in [5.41, 5.74) is 2.44. The Labute approximate surface area is 163 Å². The van der Waals surface area contributed by atoms with Crippen molar-refractivity contribution in [2.75, 3.05) is 26.0 Å². The van der Waals surface area contributed by atoms with Crippen LogP contribution >= 0.6 is 0 Å². The van der Waals surface area contributed by atoms with Gasteiger partial charge in [-0.15, -0.1) is 0 Å². The molecule has 7 heteroatoms. The van der Waals surface area contributed by atoms with E-state index in [9.17, 15) is 9.59 Å². The number of fused-ring (bicyclic) bond motifs is 1. The topological polar surface area (TPSA) is 76.5 Å². The number of aromatic nitrogens is 2. The van der Waals surface area contributed by atoms with E-state index in [1.165, 1.54) is 4.90 Å². The van der Waals surface area contributed by atoms with Crippen LogP contribution in [0.3, 0.4) is 0 Å². The fourth-order valence-electron chi connectivity index (χ4n) is 3.01. The standard InChI is InChI=1S/C21H24N4O3/c1-4-19-23-17-7-5-6-8-18(17)25(19)14-21(27)24(2)13-20(26)22-15-9-11-16(28-3)12-10-15/h5-12H,4,13-14H2,1-3H3,(H,22,26). The van der Waals surface area contributed by atoms with Gasteiger partial charge in [-0.3, -0.25) is 9.59 Å². The van der Waals surface area contributed by atoms with Gasteiger partial charge >= 0.3 is 0 Å². The van der Waals surface area contributed by atoms with Crippen molar-refractivity contribution >= 4 is 28.5 Å².